The molecule has 0 bridgehead atoms. The van der Waals surface area contributed by atoms with Gasteiger partial charge in [-0.05, 0) is 43.9 Å². The summed E-state index contributed by atoms with van der Waals surface area (Å²) in [5.74, 6) is -0.257. The number of nitrogens with one attached hydrogen (secondary N) is 2. The van der Waals surface area contributed by atoms with E-state index in [-0.39, 0.29) is 31.0 Å². The van der Waals surface area contributed by atoms with Gasteiger partial charge in [-0.2, -0.15) is 0 Å². The lowest BCUT2D eigenvalue weighted by Gasteiger charge is -2.22. The molecule has 27 heavy (non-hydrogen) atoms. The van der Waals surface area contributed by atoms with Crippen molar-refractivity contribution in [2.45, 2.75) is 32.8 Å². The van der Waals surface area contributed by atoms with Crippen LogP contribution in [-0.2, 0) is 19.1 Å². The standard InChI is InChI=1S/C20H31N3O4/c1-15-6-4-8-18(16(15)2)22-20(25)14-23(9-11-26-3)13-19(24)21-12-17-7-5-10-27-17/h4,6,8,17H,5,7,9-14H2,1-3H3,(H,21,24)(H,22,25)/t17-/m1/s1. The second-order valence-corrected chi connectivity index (χ2v) is 6.94. The van der Waals surface area contributed by atoms with E-state index in [4.69, 9.17) is 9.47 Å². The van der Waals surface area contributed by atoms with E-state index in [0.717, 1.165) is 36.3 Å². The van der Waals surface area contributed by atoms with Gasteiger partial charge in [-0.3, -0.25) is 14.5 Å². The molecule has 7 heteroatoms. The second-order valence-electron chi connectivity index (χ2n) is 6.94. The van der Waals surface area contributed by atoms with Gasteiger partial charge in [-0.15, -0.1) is 0 Å². The second kappa shape index (κ2) is 11.0. The van der Waals surface area contributed by atoms with Crippen LogP contribution in [0.3, 0.4) is 0 Å². The Morgan fingerprint density at radius 1 is 1.26 bits per heavy atom. The maximum Gasteiger partial charge on any atom is 0.238 e. The van der Waals surface area contributed by atoms with Crippen molar-refractivity contribution in [1.82, 2.24) is 10.2 Å². The van der Waals surface area contributed by atoms with Crippen molar-refractivity contribution in [3.05, 3.63) is 29.3 Å². The van der Waals surface area contributed by atoms with Gasteiger partial charge in [0.05, 0.1) is 25.8 Å². The van der Waals surface area contributed by atoms with E-state index < -0.39 is 0 Å². The van der Waals surface area contributed by atoms with E-state index in [0.29, 0.717) is 19.7 Å². The van der Waals surface area contributed by atoms with Gasteiger partial charge < -0.3 is 20.1 Å². The first-order valence-corrected chi connectivity index (χ1v) is 9.45. The smallest absolute Gasteiger partial charge is 0.238 e. The van der Waals surface area contributed by atoms with Crippen LogP contribution in [0.2, 0.25) is 0 Å². The number of hydrogen-bond donors (Lipinski definition) is 2. The van der Waals surface area contributed by atoms with Crippen LogP contribution < -0.4 is 10.6 Å². The van der Waals surface area contributed by atoms with Gasteiger partial charge in [0.2, 0.25) is 11.8 Å². The van der Waals surface area contributed by atoms with Gasteiger partial charge in [-0.1, -0.05) is 12.1 Å². The number of nitrogens with zero attached hydrogens (tertiary/aromatic N) is 1. The minimum atomic E-state index is -0.147. The summed E-state index contributed by atoms with van der Waals surface area (Å²) in [7, 11) is 1.60. The van der Waals surface area contributed by atoms with Crippen molar-refractivity contribution in [1.29, 1.82) is 0 Å². The largest absolute Gasteiger partial charge is 0.383 e. The molecule has 2 rings (SSSR count). The quantitative estimate of drug-likeness (QED) is 0.646. The molecule has 0 radical (unpaired) electrons. The highest BCUT2D eigenvalue weighted by molar-refractivity contribution is 5.93. The number of ether oxygens (including phenoxy) is 2. The van der Waals surface area contributed by atoms with E-state index in [9.17, 15) is 9.59 Å². The van der Waals surface area contributed by atoms with Crippen LogP contribution in [0.15, 0.2) is 18.2 Å². The van der Waals surface area contributed by atoms with Crippen LogP contribution in [0.5, 0.6) is 0 Å². The van der Waals surface area contributed by atoms with Crippen LogP contribution >= 0.6 is 0 Å². The Labute approximate surface area is 161 Å². The highest BCUT2D eigenvalue weighted by Gasteiger charge is 2.19. The minimum Gasteiger partial charge on any atom is -0.383 e. The van der Waals surface area contributed by atoms with Gasteiger partial charge >= 0.3 is 0 Å². The number of carbonyl (C=O) groups excluding carboxylic acids is 2. The Balaban J connectivity index is 1.85. The van der Waals surface area contributed by atoms with E-state index in [1.54, 1.807) is 12.0 Å². The van der Waals surface area contributed by atoms with Crippen molar-refractivity contribution in [2.75, 3.05) is 51.8 Å². The number of rotatable bonds is 10. The van der Waals surface area contributed by atoms with Crippen molar-refractivity contribution in [3.63, 3.8) is 0 Å². The Bertz CT molecular complexity index is 630. The van der Waals surface area contributed by atoms with Crippen molar-refractivity contribution >= 4 is 17.5 Å². The molecule has 1 aromatic carbocycles. The third-order valence-corrected chi connectivity index (χ3v) is 4.78. The molecule has 1 aliphatic heterocycles. The lowest BCUT2D eigenvalue weighted by Crippen LogP contribution is -2.44. The molecular formula is C20H31N3O4. The predicted molar refractivity (Wildman–Crippen MR) is 105 cm³/mol. The van der Waals surface area contributed by atoms with Crippen LogP contribution in [0, 0.1) is 13.8 Å². The molecule has 0 spiro atoms. The average molecular weight is 377 g/mol. The summed E-state index contributed by atoms with van der Waals surface area (Å²) in [4.78, 5) is 26.5. The molecule has 1 saturated heterocycles. The van der Waals surface area contributed by atoms with E-state index in [2.05, 4.69) is 10.6 Å². The first kappa shape index (κ1) is 21.3. The highest BCUT2D eigenvalue weighted by atomic mass is 16.5. The number of benzene rings is 1. The predicted octanol–water partition coefficient (Wildman–Crippen LogP) is 1.49. The summed E-state index contributed by atoms with van der Waals surface area (Å²) in [6, 6.07) is 5.81. The van der Waals surface area contributed by atoms with Gasteiger partial charge in [0.15, 0.2) is 0 Å². The number of amides is 2. The van der Waals surface area contributed by atoms with Crippen molar-refractivity contribution in [3.8, 4) is 0 Å². The molecule has 1 aliphatic rings. The molecule has 2 amide bonds. The molecule has 0 aliphatic carbocycles. The fourth-order valence-electron chi connectivity index (χ4n) is 3.01. The Morgan fingerprint density at radius 3 is 2.74 bits per heavy atom. The average Bonchev–Trinajstić information content (AvgIpc) is 3.15. The van der Waals surface area contributed by atoms with Crippen LogP contribution in [0.1, 0.15) is 24.0 Å². The Morgan fingerprint density at radius 2 is 2.04 bits per heavy atom. The normalized spacial score (nSPS) is 16.5. The molecule has 2 N–H and O–H groups in total. The molecule has 1 fully saturated rings. The third-order valence-electron chi connectivity index (χ3n) is 4.78. The van der Waals surface area contributed by atoms with Gasteiger partial charge in [0, 0.05) is 32.5 Å². The maximum atomic E-state index is 12.5. The number of methoxy groups -OCH3 is 1. The third kappa shape index (κ3) is 7.28. The number of hydrogen-bond acceptors (Lipinski definition) is 5. The molecule has 1 aromatic rings. The van der Waals surface area contributed by atoms with Crippen molar-refractivity contribution < 1.29 is 19.1 Å². The Hall–Kier alpha value is -1.96. The Kier molecular flexibility index (Phi) is 8.71. The first-order chi connectivity index (χ1) is 13.0. The lowest BCUT2D eigenvalue weighted by atomic mass is 10.1. The monoisotopic (exact) mass is 377 g/mol. The number of carbonyl (C=O) groups is 2. The van der Waals surface area contributed by atoms with Crippen LogP contribution in [0.4, 0.5) is 5.69 Å². The summed E-state index contributed by atoms with van der Waals surface area (Å²) >= 11 is 0. The number of anilines is 1. The molecule has 150 valence electrons. The zero-order valence-electron chi connectivity index (χ0n) is 16.5. The molecule has 7 nitrogen and oxygen atoms in total. The highest BCUT2D eigenvalue weighted by Crippen LogP contribution is 2.17. The lowest BCUT2D eigenvalue weighted by molar-refractivity contribution is -0.124. The summed E-state index contributed by atoms with van der Waals surface area (Å²) in [5.41, 5.74) is 2.97. The van der Waals surface area contributed by atoms with Gasteiger partial charge in [-0.25, -0.2) is 0 Å². The summed E-state index contributed by atoms with van der Waals surface area (Å²) in [6.45, 7) is 6.51. The van der Waals surface area contributed by atoms with Gasteiger partial charge in [0.1, 0.15) is 0 Å². The van der Waals surface area contributed by atoms with Gasteiger partial charge in [0.25, 0.3) is 0 Å². The zero-order valence-corrected chi connectivity index (χ0v) is 16.5. The summed E-state index contributed by atoms with van der Waals surface area (Å²) in [6.07, 6.45) is 2.12. The fraction of sp³-hybridized carbons (Fsp3) is 0.600. The summed E-state index contributed by atoms with van der Waals surface area (Å²) < 4.78 is 10.6. The van der Waals surface area contributed by atoms with Crippen LogP contribution in [-0.4, -0.2) is 69.3 Å². The van der Waals surface area contributed by atoms with E-state index in [1.807, 2.05) is 32.0 Å². The zero-order chi connectivity index (χ0) is 19.6. The molecule has 0 aromatic heterocycles. The topological polar surface area (TPSA) is 79.9 Å². The molecule has 1 heterocycles. The SMILES string of the molecule is COCCN(CC(=O)NC[C@H]1CCCO1)CC(=O)Nc1cccc(C)c1C. The molecular weight excluding hydrogens is 346 g/mol. The summed E-state index contributed by atoms with van der Waals surface area (Å²) in [5, 5.41) is 5.83. The van der Waals surface area contributed by atoms with E-state index >= 15 is 0 Å². The maximum absolute atomic E-state index is 12.5. The molecule has 0 saturated carbocycles. The first-order valence-electron chi connectivity index (χ1n) is 9.45. The number of aryl methyl sites for hydroxylation is 1. The van der Waals surface area contributed by atoms with Crippen molar-refractivity contribution in [2.24, 2.45) is 0 Å². The fourth-order valence-corrected chi connectivity index (χ4v) is 3.01. The minimum absolute atomic E-state index is 0.106. The molecule has 0 unspecified atom stereocenters. The van der Waals surface area contributed by atoms with E-state index in [1.165, 1.54) is 0 Å². The van der Waals surface area contributed by atoms with Crippen LogP contribution in [0.25, 0.3) is 0 Å². The molecule has 1 atom stereocenters.